The van der Waals surface area contributed by atoms with Crippen molar-refractivity contribution in [2.75, 3.05) is 26.4 Å². The summed E-state index contributed by atoms with van der Waals surface area (Å²) in [6.45, 7) is 1.04. The summed E-state index contributed by atoms with van der Waals surface area (Å²) in [6.07, 6.45) is 1.64. The van der Waals surface area contributed by atoms with Gasteiger partial charge in [0.25, 0.3) is 0 Å². The normalized spacial score (nSPS) is 25.5. The molecule has 10 atom stereocenters. The van der Waals surface area contributed by atoms with E-state index in [4.69, 9.17) is 60.2 Å². The molecule has 0 radical (unpaired) electrons. The van der Waals surface area contributed by atoms with Crippen LogP contribution in [0, 0.1) is 24.7 Å². The monoisotopic (exact) mass is 868 g/mol. The lowest BCUT2D eigenvalue weighted by molar-refractivity contribution is -0.374. The van der Waals surface area contributed by atoms with Crippen molar-refractivity contribution in [1.29, 1.82) is 0 Å². The van der Waals surface area contributed by atoms with Crippen LogP contribution in [0.4, 0.5) is 0 Å². The smallest absolute Gasteiger partial charge is 0.187 e. The molecule has 5 aromatic carbocycles. The van der Waals surface area contributed by atoms with E-state index in [9.17, 15) is 5.11 Å². The van der Waals surface area contributed by atoms with Gasteiger partial charge < -0.3 is 52.5 Å². The van der Waals surface area contributed by atoms with E-state index in [2.05, 4.69) is 11.8 Å². The lowest BCUT2D eigenvalue weighted by Gasteiger charge is -2.49. The number of ether oxygens (including phenoxy) is 10. The molecule has 0 amide bonds. The van der Waals surface area contributed by atoms with Crippen molar-refractivity contribution in [3.8, 4) is 24.7 Å². The SMILES string of the molecule is C#CCOC[C@H]1O[C@@H](O)[C@H](OCc2ccccc2)[C@@H](OCc2ccccc2)[C@@H]1O[C@H]1O[C@H](COCC#C)[C@@H](OCc2ccccc2)[C@H](OCc2ccccc2)[C@H]1OCc1ccccc1. The molecule has 0 saturated carbocycles. The van der Waals surface area contributed by atoms with Gasteiger partial charge in [-0.2, -0.15) is 0 Å². The van der Waals surface area contributed by atoms with Crippen LogP contribution in [0.2, 0.25) is 0 Å². The molecule has 334 valence electrons. The Bertz CT molecular complexity index is 2130. The standard InChI is InChI=1S/C53H56O11/c1-3-30-55-37-44-46(57-32-39-20-10-5-11-21-39)48(58-33-40-22-12-6-13-23-40)51(61-36-43-28-18-9-19-29-43)53(63-44)64-47-45(38-56-31-4-2)62-52(54)50(60-35-42-26-16-8-17-27-42)49(47)59-34-41-24-14-7-15-25-41/h1-2,5-29,44-54H,30-38H2/t44-,45-,46-,47-,48+,49+,50-,51-,52-,53-/m1/s1. The van der Waals surface area contributed by atoms with Crippen LogP contribution >= 0.6 is 0 Å². The van der Waals surface area contributed by atoms with Crippen LogP contribution in [0.5, 0.6) is 0 Å². The van der Waals surface area contributed by atoms with Gasteiger partial charge in [0.05, 0.1) is 46.2 Å². The van der Waals surface area contributed by atoms with Crippen LogP contribution in [0.25, 0.3) is 0 Å². The zero-order valence-corrected chi connectivity index (χ0v) is 35.8. The third-order valence-corrected chi connectivity index (χ3v) is 10.9. The van der Waals surface area contributed by atoms with E-state index in [1.807, 2.05) is 152 Å². The van der Waals surface area contributed by atoms with E-state index in [1.54, 1.807) is 0 Å². The van der Waals surface area contributed by atoms with E-state index in [1.165, 1.54) is 0 Å². The molecule has 2 saturated heterocycles. The van der Waals surface area contributed by atoms with Crippen LogP contribution < -0.4 is 0 Å². The van der Waals surface area contributed by atoms with Crippen molar-refractivity contribution in [3.63, 3.8) is 0 Å². The fourth-order valence-corrected chi connectivity index (χ4v) is 7.71. The summed E-state index contributed by atoms with van der Waals surface area (Å²) in [5.41, 5.74) is 4.63. The first-order valence-corrected chi connectivity index (χ1v) is 21.5. The molecule has 11 heteroatoms. The molecule has 2 aliphatic rings. The maximum Gasteiger partial charge on any atom is 0.187 e. The predicted octanol–water partition coefficient (Wildman–Crippen LogP) is 7.04. The molecule has 2 heterocycles. The van der Waals surface area contributed by atoms with Crippen LogP contribution in [0.3, 0.4) is 0 Å². The molecule has 5 aromatic rings. The Labute approximate surface area is 376 Å². The number of benzene rings is 5. The number of terminal acetylenes is 2. The van der Waals surface area contributed by atoms with Crippen molar-refractivity contribution in [3.05, 3.63) is 179 Å². The summed E-state index contributed by atoms with van der Waals surface area (Å²) < 4.78 is 66.1. The highest BCUT2D eigenvalue weighted by atomic mass is 16.8. The quantitative estimate of drug-likeness (QED) is 0.0539. The van der Waals surface area contributed by atoms with Crippen molar-refractivity contribution < 1.29 is 52.5 Å². The minimum absolute atomic E-state index is 0.000680. The van der Waals surface area contributed by atoms with Gasteiger partial charge in [0, 0.05) is 0 Å². The predicted molar refractivity (Wildman–Crippen MR) is 239 cm³/mol. The largest absolute Gasteiger partial charge is 0.368 e. The maximum atomic E-state index is 11.7. The zero-order valence-electron chi connectivity index (χ0n) is 35.8. The lowest BCUT2D eigenvalue weighted by Crippen LogP contribution is -2.66. The van der Waals surface area contributed by atoms with Gasteiger partial charge in [-0.15, -0.1) is 12.8 Å². The van der Waals surface area contributed by atoms with E-state index in [-0.39, 0.29) is 59.5 Å². The van der Waals surface area contributed by atoms with Gasteiger partial charge >= 0.3 is 0 Å². The molecule has 0 aliphatic carbocycles. The summed E-state index contributed by atoms with van der Waals surface area (Å²) in [6, 6.07) is 48.9. The van der Waals surface area contributed by atoms with E-state index >= 15 is 0 Å². The summed E-state index contributed by atoms with van der Waals surface area (Å²) in [5.74, 6) is 5.06. The van der Waals surface area contributed by atoms with Gasteiger partial charge in [-0.25, -0.2) is 0 Å². The van der Waals surface area contributed by atoms with Crippen molar-refractivity contribution in [1.82, 2.24) is 0 Å². The summed E-state index contributed by atoms with van der Waals surface area (Å²) in [5, 5.41) is 11.7. The molecule has 0 aromatic heterocycles. The molecule has 0 unspecified atom stereocenters. The highest BCUT2D eigenvalue weighted by Gasteiger charge is 2.54. The molecule has 0 spiro atoms. The molecular weight excluding hydrogens is 813 g/mol. The van der Waals surface area contributed by atoms with E-state index in [0.29, 0.717) is 0 Å². The zero-order chi connectivity index (χ0) is 44.2. The average molecular weight is 869 g/mol. The highest BCUT2D eigenvalue weighted by Crippen LogP contribution is 2.36. The molecule has 1 N–H and O–H groups in total. The number of hydrogen-bond acceptors (Lipinski definition) is 11. The summed E-state index contributed by atoms with van der Waals surface area (Å²) in [4.78, 5) is 0. The molecule has 7 rings (SSSR count). The average Bonchev–Trinajstić information content (AvgIpc) is 3.34. The summed E-state index contributed by atoms with van der Waals surface area (Å²) >= 11 is 0. The summed E-state index contributed by atoms with van der Waals surface area (Å²) in [7, 11) is 0. The third kappa shape index (κ3) is 13.6. The Balaban J connectivity index is 1.28. The minimum atomic E-state index is -1.43. The molecule has 0 bridgehead atoms. The first-order chi connectivity index (χ1) is 31.6. The number of hydrogen-bond donors (Lipinski definition) is 1. The van der Waals surface area contributed by atoms with Crippen LogP contribution in [0.15, 0.2) is 152 Å². The molecular formula is C53H56O11. The Morgan fingerprint density at radius 1 is 0.406 bits per heavy atom. The molecule has 64 heavy (non-hydrogen) atoms. The second-order valence-corrected chi connectivity index (χ2v) is 15.5. The van der Waals surface area contributed by atoms with Gasteiger partial charge in [-0.1, -0.05) is 164 Å². The third-order valence-electron chi connectivity index (χ3n) is 10.9. The lowest BCUT2D eigenvalue weighted by atomic mass is 9.95. The van der Waals surface area contributed by atoms with Crippen molar-refractivity contribution in [2.24, 2.45) is 0 Å². The second-order valence-electron chi connectivity index (χ2n) is 15.5. The minimum Gasteiger partial charge on any atom is -0.368 e. The van der Waals surface area contributed by atoms with Crippen LogP contribution in [0.1, 0.15) is 27.8 Å². The van der Waals surface area contributed by atoms with Crippen LogP contribution in [-0.4, -0.2) is 92.9 Å². The second kappa shape index (κ2) is 25.3. The van der Waals surface area contributed by atoms with E-state index in [0.717, 1.165) is 27.8 Å². The maximum absolute atomic E-state index is 11.7. The van der Waals surface area contributed by atoms with Gasteiger partial charge in [0.15, 0.2) is 12.6 Å². The highest BCUT2D eigenvalue weighted by molar-refractivity contribution is 5.17. The Morgan fingerprint density at radius 3 is 1.12 bits per heavy atom. The first-order valence-electron chi connectivity index (χ1n) is 21.5. The van der Waals surface area contributed by atoms with Gasteiger partial charge in [0.1, 0.15) is 62.0 Å². The number of aliphatic hydroxyl groups excluding tert-OH is 1. The van der Waals surface area contributed by atoms with Gasteiger partial charge in [0.2, 0.25) is 0 Å². The van der Waals surface area contributed by atoms with Gasteiger partial charge in [-0.05, 0) is 27.8 Å². The molecule has 11 nitrogen and oxygen atoms in total. The van der Waals surface area contributed by atoms with Gasteiger partial charge in [-0.3, -0.25) is 0 Å². The fraction of sp³-hybridized carbons (Fsp3) is 0.358. The Hall–Kier alpha value is -5.22. The van der Waals surface area contributed by atoms with Crippen LogP contribution in [-0.2, 0) is 80.4 Å². The topological polar surface area (TPSA) is 113 Å². The molecule has 2 fully saturated rings. The first kappa shape index (κ1) is 46.8. The van der Waals surface area contributed by atoms with Crippen molar-refractivity contribution >= 4 is 0 Å². The van der Waals surface area contributed by atoms with E-state index < -0.39 is 61.4 Å². The Morgan fingerprint density at radius 2 is 0.734 bits per heavy atom. The Kier molecular flexibility index (Phi) is 18.5. The number of rotatable bonds is 23. The molecule has 2 aliphatic heterocycles. The van der Waals surface area contributed by atoms with Crippen molar-refractivity contribution in [2.45, 2.75) is 94.4 Å². The fourth-order valence-electron chi connectivity index (χ4n) is 7.71. The number of aliphatic hydroxyl groups is 1.